The maximum absolute atomic E-state index is 2.84. The summed E-state index contributed by atoms with van der Waals surface area (Å²) < 4.78 is 0. The van der Waals surface area contributed by atoms with E-state index in [9.17, 15) is 0 Å². The third-order valence-electron chi connectivity index (χ3n) is 4.09. The normalized spacial score (nSPS) is 10.7. The summed E-state index contributed by atoms with van der Waals surface area (Å²) in [5, 5.41) is 1.21. The molecule has 0 saturated heterocycles. The first kappa shape index (κ1) is 16.8. The third kappa shape index (κ3) is 3.89. The van der Waals surface area contributed by atoms with Crippen molar-refractivity contribution in [1.82, 2.24) is 0 Å². The molecule has 0 nitrogen and oxygen atoms in total. The SMILES string of the molecule is PCc1ccc(-c2cccc(-c3ccc(P)cc3)c2)cc1CP. The van der Waals surface area contributed by atoms with Crippen LogP contribution >= 0.6 is 27.7 Å². The highest BCUT2D eigenvalue weighted by Gasteiger charge is 2.05. The van der Waals surface area contributed by atoms with E-state index >= 15 is 0 Å². The first-order valence-electron chi connectivity index (χ1n) is 7.69. The van der Waals surface area contributed by atoms with Gasteiger partial charge in [-0.25, -0.2) is 0 Å². The monoisotopic (exact) mass is 354 g/mol. The summed E-state index contributed by atoms with van der Waals surface area (Å²) >= 11 is 0. The fourth-order valence-electron chi connectivity index (χ4n) is 2.75. The van der Waals surface area contributed by atoms with Crippen molar-refractivity contribution in [3.8, 4) is 22.3 Å². The van der Waals surface area contributed by atoms with Crippen LogP contribution in [0, 0.1) is 0 Å². The van der Waals surface area contributed by atoms with Crippen molar-refractivity contribution in [1.29, 1.82) is 0 Å². The summed E-state index contributed by atoms with van der Waals surface area (Å²) in [6.07, 6.45) is 2.00. The van der Waals surface area contributed by atoms with E-state index in [1.165, 1.54) is 38.7 Å². The van der Waals surface area contributed by atoms with Crippen molar-refractivity contribution < 1.29 is 0 Å². The Morgan fingerprint density at radius 1 is 0.565 bits per heavy atom. The molecule has 0 radical (unpaired) electrons. The van der Waals surface area contributed by atoms with Gasteiger partial charge in [0.25, 0.3) is 0 Å². The Kier molecular flexibility index (Phi) is 5.61. The summed E-state index contributed by atoms with van der Waals surface area (Å²) in [7, 11) is 8.39. The van der Waals surface area contributed by atoms with Gasteiger partial charge in [-0.15, -0.1) is 27.7 Å². The second kappa shape index (κ2) is 7.68. The lowest BCUT2D eigenvalue weighted by molar-refractivity contribution is 1.28. The smallest absolute Gasteiger partial charge is 0.0125 e. The van der Waals surface area contributed by atoms with Crippen LogP contribution in [0.2, 0.25) is 0 Å². The number of rotatable bonds is 4. The first-order chi connectivity index (χ1) is 11.2. The number of benzene rings is 3. The maximum atomic E-state index is 2.84. The second-order valence-electron chi connectivity index (χ2n) is 5.59. The first-order valence-corrected chi connectivity index (χ1v) is 9.90. The van der Waals surface area contributed by atoms with Gasteiger partial charge in [0, 0.05) is 0 Å². The third-order valence-corrected chi connectivity index (χ3v) is 5.35. The molecule has 0 aliphatic rings. The second-order valence-corrected chi connectivity index (χ2v) is 7.08. The summed E-state index contributed by atoms with van der Waals surface area (Å²) in [5.41, 5.74) is 7.88. The maximum Gasteiger partial charge on any atom is -0.0125 e. The van der Waals surface area contributed by atoms with Gasteiger partial charge in [-0.3, -0.25) is 0 Å². The summed E-state index contributed by atoms with van der Waals surface area (Å²) in [5.74, 6) is 0. The Bertz CT molecular complexity index is 807. The van der Waals surface area contributed by atoms with Crippen molar-refractivity contribution in [2.75, 3.05) is 0 Å². The zero-order chi connectivity index (χ0) is 16.2. The molecule has 0 aliphatic carbocycles. The van der Waals surface area contributed by atoms with Crippen LogP contribution < -0.4 is 5.30 Å². The highest BCUT2D eigenvalue weighted by Crippen LogP contribution is 2.29. The zero-order valence-electron chi connectivity index (χ0n) is 13.0. The molecule has 0 aromatic heterocycles. The Morgan fingerprint density at radius 3 is 1.78 bits per heavy atom. The molecule has 3 unspecified atom stereocenters. The minimum absolute atomic E-state index is 0.993. The lowest BCUT2D eigenvalue weighted by atomic mass is 9.97. The summed E-state index contributed by atoms with van der Waals surface area (Å²) in [4.78, 5) is 0. The van der Waals surface area contributed by atoms with E-state index in [-0.39, 0.29) is 0 Å². The van der Waals surface area contributed by atoms with E-state index in [2.05, 4.69) is 94.4 Å². The molecule has 0 N–H and O–H groups in total. The summed E-state index contributed by atoms with van der Waals surface area (Å²) in [6.45, 7) is 0. The largest absolute Gasteiger partial charge is 0.133 e. The quantitative estimate of drug-likeness (QED) is 0.560. The minimum atomic E-state index is 0.993. The number of hydrogen-bond acceptors (Lipinski definition) is 0. The van der Waals surface area contributed by atoms with Gasteiger partial charge < -0.3 is 0 Å². The molecular formula is C20H21P3. The molecule has 0 aliphatic heterocycles. The lowest BCUT2D eigenvalue weighted by Crippen LogP contribution is -1.90. The van der Waals surface area contributed by atoms with Crippen molar-refractivity contribution in [3.63, 3.8) is 0 Å². The molecule has 0 fully saturated rings. The van der Waals surface area contributed by atoms with Crippen molar-refractivity contribution in [3.05, 3.63) is 77.9 Å². The van der Waals surface area contributed by atoms with Gasteiger partial charge in [0.05, 0.1) is 0 Å². The van der Waals surface area contributed by atoms with Crippen LogP contribution in [0.4, 0.5) is 0 Å². The molecule has 3 atom stereocenters. The molecule has 3 rings (SSSR count). The van der Waals surface area contributed by atoms with Gasteiger partial charge in [-0.2, -0.15) is 0 Å². The standard InChI is InChI=1S/C20H21P3/c21-12-18-5-4-17(11-19(18)13-22)16-3-1-2-15(10-16)14-6-8-20(23)9-7-14/h1-11H,12-13,21-23H2. The predicted molar refractivity (Wildman–Crippen MR) is 113 cm³/mol. The zero-order valence-corrected chi connectivity index (χ0v) is 16.5. The molecule has 116 valence electrons. The van der Waals surface area contributed by atoms with Crippen LogP contribution in [0.15, 0.2) is 66.7 Å². The molecule has 0 bridgehead atoms. The van der Waals surface area contributed by atoms with Crippen molar-refractivity contribution in [2.45, 2.75) is 12.3 Å². The Morgan fingerprint density at radius 2 is 1.13 bits per heavy atom. The van der Waals surface area contributed by atoms with Crippen LogP contribution in [0.3, 0.4) is 0 Å². The highest BCUT2D eigenvalue weighted by atomic mass is 31.0. The van der Waals surface area contributed by atoms with Gasteiger partial charge in [0.2, 0.25) is 0 Å². The lowest BCUT2D eigenvalue weighted by Gasteiger charge is -2.10. The fourth-order valence-corrected chi connectivity index (χ4v) is 3.72. The van der Waals surface area contributed by atoms with Gasteiger partial charge in [-0.05, 0) is 57.1 Å². The highest BCUT2D eigenvalue weighted by molar-refractivity contribution is 7.27. The summed E-state index contributed by atoms with van der Waals surface area (Å²) in [6, 6.07) is 24.2. The topological polar surface area (TPSA) is 0 Å². The van der Waals surface area contributed by atoms with Crippen LogP contribution in [0.25, 0.3) is 22.3 Å². The Labute approximate surface area is 145 Å². The van der Waals surface area contributed by atoms with Crippen molar-refractivity contribution >= 4 is 33.0 Å². The minimum Gasteiger partial charge on any atom is -0.133 e. The number of hydrogen-bond donors (Lipinski definition) is 0. The van der Waals surface area contributed by atoms with Gasteiger partial charge >= 0.3 is 0 Å². The van der Waals surface area contributed by atoms with Crippen molar-refractivity contribution in [2.24, 2.45) is 0 Å². The van der Waals surface area contributed by atoms with Crippen LogP contribution in [0.1, 0.15) is 11.1 Å². The van der Waals surface area contributed by atoms with Gasteiger partial charge in [0.15, 0.2) is 0 Å². The molecule has 0 saturated carbocycles. The van der Waals surface area contributed by atoms with Crippen LogP contribution in [0.5, 0.6) is 0 Å². The van der Waals surface area contributed by atoms with Gasteiger partial charge in [0.1, 0.15) is 0 Å². The van der Waals surface area contributed by atoms with E-state index in [1.54, 1.807) is 0 Å². The molecule has 23 heavy (non-hydrogen) atoms. The van der Waals surface area contributed by atoms with E-state index in [0.29, 0.717) is 0 Å². The molecule has 0 spiro atoms. The Hall–Kier alpha value is -1.05. The fraction of sp³-hybridized carbons (Fsp3) is 0.100. The molecule has 0 amide bonds. The molecule has 3 aromatic carbocycles. The Balaban J connectivity index is 2.01. The molecule has 0 heterocycles. The van der Waals surface area contributed by atoms with Crippen LogP contribution in [-0.4, -0.2) is 0 Å². The molecular weight excluding hydrogens is 333 g/mol. The molecule has 3 aromatic rings. The van der Waals surface area contributed by atoms with Gasteiger partial charge in [-0.1, -0.05) is 60.7 Å². The van der Waals surface area contributed by atoms with E-state index in [0.717, 1.165) is 12.3 Å². The van der Waals surface area contributed by atoms with E-state index < -0.39 is 0 Å². The average molecular weight is 354 g/mol. The van der Waals surface area contributed by atoms with E-state index in [1.807, 2.05) is 0 Å². The average Bonchev–Trinajstić information content (AvgIpc) is 2.62. The van der Waals surface area contributed by atoms with E-state index in [4.69, 9.17) is 0 Å². The predicted octanol–water partition coefficient (Wildman–Crippen LogP) is 5.27. The van der Waals surface area contributed by atoms with Crippen LogP contribution in [-0.2, 0) is 12.3 Å². The molecule has 3 heteroatoms.